The fourth-order valence-electron chi connectivity index (χ4n) is 1.79. The highest BCUT2D eigenvalue weighted by atomic mass is 16.5. The fourth-order valence-corrected chi connectivity index (χ4v) is 1.79. The van der Waals surface area contributed by atoms with Gasteiger partial charge in [-0.3, -0.25) is 0 Å². The lowest BCUT2D eigenvalue weighted by Crippen LogP contribution is -2.27. The van der Waals surface area contributed by atoms with Gasteiger partial charge in [-0.2, -0.15) is 0 Å². The van der Waals surface area contributed by atoms with Gasteiger partial charge in [0.1, 0.15) is 0 Å². The summed E-state index contributed by atoms with van der Waals surface area (Å²) in [6, 6.07) is 4.24. The minimum absolute atomic E-state index is 0.556. The van der Waals surface area contributed by atoms with Gasteiger partial charge >= 0.3 is 0 Å². The average Bonchev–Trinajstić information content (AvgIpc) is 2.24. The van der Waals surface area contributed by atoms with Gasteiger partial charge in [-0.25, -0.2) is 0 Å². The third kappa shape index (κ3) is 2.01. The Morgan fingerprint density at radius 2 is 1.81 bits per heavy atom. The second-order valence-electron chi connectivity index (χ2n) is 4.07. The van der Waals surface area contributed by atoms with Crippen molar-refractivity contribution < 1.29 is 9.47 Å². The molecule has 1 aliphatic rings. The van der Waals surface area contributed by atoms with E-state index < -0.39 is 0 Å². The van der Waals surface area contributed by atoms with Gasteiger partial charge in [-0.1, -0.05) is 0 Å². The number of hydrogen-bond acceptors (Lipinski definition) is 4. The molecule has 0 radical (unpaired) electrons. The molecular formula is C12H18N2O2. The van der Waals surface area contributed by atoms with Crippen LogP contribution >= 0.6 is 0 Å². The van der Waals surface area contributed by atoms with Crippen molar-refractivity contribution in [1.82, 2.24) is 0 Å². The molecule has 4 nitrogen and oxygen atoms in total. The summed E-state index contributed by atoms with van der Waals surface area (Å²) in [5, 5.41) is 3.41. The van der Waals surface area contributed by atoms with Crippen LogP contribution in [0.25, 0.3) is 0 Å². The summed E-state index contributed by atoms with van der Waals surface area (Å²) in [6.07, 6.45) is 3.73. The Morgan fingerprint density at radius 3 is 2.31 bits per heavy atom. The number of nitrogens with two attached hydrogens (primary N) is 1. The number of anilines is 2. The fraction of sp³-hybridized carbons (Fsp3) is 0.500. The number of hydrogen-bond donors (Lipinski definition) is 2. The highest BCUT2D eigenvalue weighted by Gasteiger charge is 2.19. The zero-order valence-corrected chi connectivity index (χ0v) is 9.75. The Hall–Kier alpha value is -1.58. The van der Waals surface area contributed by atoms with Crippen molar-refractivity contribution >= 4 is 11.4 Å². The summed E-state index contributed by atoms with van der Waals surface area (Å²) in [5.41, 5.74) is 7.58. The van der Waals surface area contributed by atoms with E-state index in [1.165, 1.54) is 19.3 Å². The van der Waals surface area contributed by atoms with E-state index in [0.717, 1.165) is 5.69 Å². The van der Waals surface area contributed by atoms with E-state index in [2.05, 4.69) is 5.32 Å². The van der Waals surface area contributed by atoms with Gasteiger partial charge in [0.05, 0.1) is 25.6 Å². The predicted molar refractivity (Wildman–Crippen MR) is 65.2 cm³/mol. The Morgan fingerprint density at radius 1 is 1.19 bits per heavy atom. The molecule has 1 aliphatic carbocycles. The first-order valence-corrected chi connectivity index (χ1v) is 5.52. The maximum atomic E-state index is 5.95. The van der Waals surface area contributed by atoms with Crippen molar-refractivity contribution in [3.63, 3.8) is 0 Å². The van der Waals surface area contributed by atoms with Crippen LogP contribution in [0.4, 0.5) is 11.4 Å². The van der Waals surface area contributed by atoms with Crippen LogP contribution in [0.3, 0.4) is 0 Å². The van der Waals surface area contributed by atoms with E-state index in [0.29, 0.717) is 23.2 Å². The minimum atomic E-state index is 0.556. The largest absolute Gasteiger partial charge is 0.493 e. The lowest BCUT2D eigenvalue weighted by Gasteiger charge is -2.28. The molecule has 0 aromatic heterocycles. The Bertz CT molecular complexity index is 376. The molecule has 1 fully saturated rings. The van der Waals surface area contributed by atoms with Crippen LogP contribution in [0.15, 0.2) is 12.1 Å². The highest BCUT2D eigenvalue weighted by molar-refractivity contribution is 5.72. The van der Waals surface area contributed by atoms with Crippen LogP contribution in [-0.2, 0) is 0 Å². The van der Waals surface area contributed by atoms with E-state index in [-0.39, 0.29) is 0 Å². The summed E-state index contributed by atoms with van der Waals surface area (Å²) in [4.78, 5) is 0. The quantitative estimate of drug-likeness (QED) is 0.767. The molecule has 88 valence electrons. The van der Waals surface area contributed by atoms with Crippen molar-refractivity contribution in [3.8, 4) is 11.5 Å². The van der Waals surface area contributed by atoms with Gasteiger partial charge in [0.2, 0.25) is 0 Å². The lowest BCUT2D eigenvalue weighted by molar-refractivity contribution is 0.355. The summed E-state index contributed by atoms with van der Waals surface area (Å²) in [7, 11) is 3.23. The van der Waals surface area contributed by atoms with Crippen LogP contribution in [-0.4, -0.2) is 20.3 Å². The van der Waals surface area contributed by atoms with Crippen LogP contribution in [0.1, 0.15) is 19.3 Å². The average molecular weight is 222 g/mol. The number of rotatable bonds is 4. The van der Waals surface area contributed by atoms with Crippen LogP contribution in [0, 0.1) is 0 Å². The Labute approximate surface area is 95.7 Å². The molecule has 0 atom stereocenters. The second-order valence-corrected chi connectivity index (χ2v) is 4.07. The minimum Gasteiger partial charge on any atom is -0.493 e. The van der Waals surface area contributed by atoms with Crippen LogP contribution < -0.4 is 20.5 Å². The zero-order valence-electron chi connectivity index (χ0n) is 9.75. The highest BCUT2D eigenvalue weighted by Crippen LogP contribution is 2.36. The molecule has 3 N–H and O–H groups in total. The molecular weight excluding hydrogens is 204 g/mol. The number of benzene rings is 1. The molecule has 0 heterocycles. The van der Waals surface area contributed by atoms with E-state index in [9.17, 15) is 0 Å². The Balaban J connectivity index is 2.22. The van der Waals surface area contributed by atoms with Gasteiger partial charge in [0.25, 0.3) is 0 Å². The van der Waals surface area contributed by atoms with Crippen molar-refractivity contribution in [3.05, 3.63) is 12.1 Å². The normalized spacial score (nSPS) is 15.4. The standard InChI is InChI=1S/C12H18N2O2/c1-15-11-6-9(13)10(7-12(11)16-2)14-8-4-3-5-8/h6-8,14H,3-5,13H2,1-2H3. The number of nitrogens with one attached hydrogen (secondary N) is 1. The molecule has 4 heteroatoms. The van der Waals surface area contributed by atoms with Gasteiger partial charge < -0.3 is 20.5 Å². The molecule has 16 heavy (non-hydrogen) atoms. The molecule has 0 saturated heterocycles. The monoisotopic (exact) mass is 222 g/mol. The van der Waals surface area contributed by atoms with Gasteiger partial charge in [-0.15, -0.1) is 0 Å². The molecule has 2 rings (SSSR count). The van der Waals surface area contributed by atoms with E-state index in [1.54, 1.807) is 20.3 Å². The first-order chi connectivity index (χ1) is 7.74. The van der Waals surface area contributed by atoms with Gasteiger partial charge in [-0.05, 0) is 19.3 Å². The number of nitrogen functional groups attached to an aromatic ring is 1. The van der Waals surface area contributed by atoms with Gasteiger partial charge in [0, 0.05) is 18.2 Å². The van der Waals surface area contributed by atoms with Gasteiger partial charge in [0.15, 0.2) is 11.5 Å². The first-order valence-electron chi connectivity index (χ1n) is 5.52. The SMILES string of the molecule is COc1cc(N)c(NC2CCC2)cc1OC. The van der Waals surface area contributed by atoms with E-state index in [1.807, 2.05) is 6.07 Å². The summed E-state index contributed by atoms with van der Waals surface area (Å²) in [5.74, 6) is 1.37. The lowest BCUT2D eigenvalue weighted by atomic mass is 9.93. The van der Waals surface area contributed by atoms with Crippen molar-refractivity contribution in [2.45, 2.75) is 25.3 Å². The van der Waals surface area contributed by atoms with E-state index in [4.69, 9.17) is 15.2 Å². The number of methoxy groups -OCH3 is 2. The first kappa shape index (κ1) is 10.9. The summed E-state index contributed by atoms with van der Waals surface area (Å²) < 4.78 is 10.4. The maximum Gasteiger partial charge on any atom is 0.162 e. The predicted octanol–water partition coefficient (Wildman–Crippen LogP) is 2.25. The summed E-state index contributed by atoms with van der Waals surface area (Å²) >= 11 is 0. The Kier molecular flexibility index (Phi) is 3.08. The molecule has 1 saturated carbocycles. The molecule has 1 aromatic carbocycles. The second kappa shape index (κ2) is 4.51. The zero-order chi connectivity index (χ0) is 11.5. The van der Waals surface area contributed by atoms with Crippen molar-refractivity contribution in [1.29, 1.82) is 0 Å². The van der Waals surface area contributed by atoms with Crippen molar-refractivity contribution in [2.24, 2.45) is 0 Å². The molecule has 0 bridgehead atoms. The summed E-state index contributed by atoms with van der Waals surface area (Å²) in [6.45, 7) is 0. The van der Waals surface area contributed by atoms with E-state index >= 15 is 0 Å². The number of ether oxygens (including phenoxy) is 2. The maximum absolute atomic E-state index is 5.95. The molecule has 0 aliphatic heterocycles. The third-order valence-electron chi connectivity index (χ3n) is 3.02. The van der Waals surface area contributed by atoms with Crippen LogP contribution in [0.2, 0.25) is 0 Å². The topological polar surface area (TPSA) is 56.5 Å². The van der Waals surface area contributed by atoms with Crippen molar-refractivity contribution in [2.75, 3.05) is 25.3 Å². The molecule has 0 spiro atoms. The molecule has 1 aromatic rings. The smallest absolute Gasteiger partial charge is 0.162 e. The molecule has 0 unspecified atom stereocenters. The molecule has 0 amide bonds. The third-order valence-corrected chi connectivity index (χ3v) is 3.02. The van der Waals surface area contributed by atoms with Crippen LogP contribution in [0.5, 0.6) is 11.5 Å².